The highest BCUT2D eigenvalue weighted by atomic mass is 16.5. The van der Waals surface area contributed by atoms with Crippen LogP contribution in [0.2, 0.25) is 0 Å². The highest BCUT2D eigenvalue weighted by Gasteiger charge is 2.39. The summed E-state index contributed by atoms with van der Waals surface area (Å²) in [5, 5.41) is 2.98. The first-order valence-electron chi connectivity index (χ1n) is 12.6. The van der Waals surface area contributed by atoms with Crippen molar-refractivity contribution >= 4 is 11.9 Å². The highest BCUT2D eigenvalue weighted by molar-refractivity contribution is 5.79. The molecule has 0 saturated carbocycles. The zero-order chi connectivity index (χ0) is 25.1. The number of nitrogens with one attached hydrogen (secondary N) is 1. The van der Waals surface area contributed by atoms with Crippen LogP contribution in [-0.2, 0) is 9.53 Å². The minimum atomic E-state index is -0.125. The molecule has 9 heteroatoms. The first-order valence-corrected chi connectivity index (χ1v) is 12.6. The fraction of sp³-hybridized carbons (Fsp3) is 0.519. The molecule has 1 N–H and O–H groups in total. The quantitative estimate of drug-likeness (QED) is 0.687. The second-order valence-electron chi connectivity index (χ2n) is 9.71. The van der Waals surface area contributed by atoms with E-state index in [4.69, 9.17) is 19.2 Å². The number of nitrogens with zero attached hydrogens (tertiary/aromatic N) is 3. The smallest absolute Gasteiger partial charge is 0.320 e. The maximum absolute atomic E-state index is 13.3. The number of hydrogen-bond acceptors (Lipinski definition) is 6. The van der Waals surface area contributed by atoms with Crippen molar-refractivity contribution in [3.05, 3.63) is 53.9 Å². The summed E-state index contributed by atoms with van der Waals surface area (Å²) in [6.07, 6.45) is 4.33. The van der Waals surface area contributed by atoms with E-state index in [1.807, 2.05) is 40.3 Å². The van der Waals surface area contributed by atoms with E-state index in [1.165, 1.54) is 0 Å². The van der Waals surface area contributed by atoms with Crippen LogP contribution in [0.15, 0.2) is 42.6 Å². The van der Waals surface area contributed by atoms with Crippen LogP contribution in [0.3, 0.4) is 0 Å². The number of fused-ring (bicyclic) bond motifs is 1. The maximum atomic E-state index is 13.3. The topological polar surface area (TPSA) is 93.2 Å². The van der Waals surface area contributed by atoms with Crippen LogP contribution in [0.4, 0.5) is 4.79 Å². The van der Waals surface area contributed by atoms with Gasteiger partial charge in [-0.15, -0.1) is 0 Å². The normalized spacial score (nSPS) is 23.4. The van der Waals surface area contributed by atoms with Gasteiger partial charge >= 0.3 is 6.03 Å². The number of carbonyl (C=O) groups is 2. The Morgan fingerprint density at radius 2 is 1.83 bits per heavy atom. The Hall–Kier alpha value is -3.33. The third-order valence-corrected chi connectivity index (χ3v) is 7.65. The van der Waals surface area contributed by atoms with Gasteiger partial charge in [0.25, 0.3) is 0 Å². The molecule has 3 atom stereocenters. The number of aromatic nitrogens is 1. The molecule has 2 aromatic rings. The zero-order valence-corrected chi connectivity index (χ0v) is 20.9. The van der Waals surface area contributed by atoms with Crippen molar-refractivity contribution in [2.45, 2.75) is 37.3 Å². The number of morpholine rings is 1. The van der Waals surface area contributed by atoms with Gasteiger partial charge in [0, 0.05) is 44.0 Å². The van der Waals surface area contributed by atoms with Gasteiger partial charge in [0.05, 0.1) is 26.4 Å². The Morgan fingerprint density at radius 1 is 1.06 bits per heavy atom. The van der Waals surface area contributed by atoms with Crippen LogP contribution in [0, 0.1) is 5.92 Å². The predicted octanol–water partition coefficient (Wildman–Crippen LogP) is 2.65. The third-order valence-electron chi connectivity index (χ3n) is 7.65. The van der Waals surface area contributed by atoms with Crippen molar-refractivity contribution in [3.63, 3.8) is 0 Å². The predicted molar refractivity (Wildman–Crippen MR) is 133 cm³/mol. The van der Waals surface area contributed by atoms with Crippen LogP contribution in [0.25, 0.3) is 0 Å². The number of piperidine rings is 2. The zero-order valence-electron chi connectivity index (χ0n) is 20.9. The van der Waals surface area contributed by atoms with Crippen molar-refractivity contribution in [2.75, 3.05) is 47.0 Å². The van der Waals surface area contributed by atoms with Crippen molar-refractivity contribution < 1.29 is 23.8 Å². The molecular formula is C27H34N4O5. The van der Waals surface area contributed by atoms with Gasteiger partial charge in [-0.25, -0.2) is 4.79 Å². The van der Waals surface area contributed by atoms with Crippen molar-refractivity contribution in [1.82, 2.24) is 20.1 Å². The lowest BCUT2D eigenvalue weighted by Gasteiger charge is -2.44. The first-order chi connectivity index (χ1) is 17.6. The molecule has 0 bridgehead atoms. The number of hydrogen-bond donors (Lipinski definition) is 1. The summed E-state index contributed by atoms with van der Waals surface area (Å²) in [7, 11) is 3.29. The summed E-state index contributed by atoms with van der Waals surface area (Å²) in [6.45, 7) is 2.64. The molecule has 36 heavy (non-hydrogen) atoms. The second-order valence-corrected chi connectivity index (χ2v) is 9.71. The number of rotatable bonds is 5. The van der Waals surface area contributed by atoms with Gasteiger partial charge in [-0.3, -0.25) is 9.78 Å². The number of benzene rings is 1. The molecule has 0 unspecified atom stereocenters. The van der Waals surface area contributed by atoms with E-state index in [1.54, 1.807) is 14.2 Å². The lowest BCUT2D eigenvalue weighted by atomic mass is 9.78. The Balaban J connectivity index is 1.28. The summed E-state index contributed by atoms with van der Waals surface area (Å²) in [6, 6.07) is 12.0. The monoisotopic (exact) mass is 494 g/mol. The van der Waals surface area contributed by atoms with E-state index >= 15 is 0 Å². The Bertz CT molecular complexity index is 1070. The van der Waals surface area contributed by atoms with E-state index in [-0.39, 0.29) is 36.6 Å². The van der Waals surface area contributed by atoms with Crippen molar-refractivity contribution in [1.29, 1.82) is 0 Å². The maximum Gasteiger partial charge on any atom is 0.320 e. The van der Waals surface area contributed by atoms with Crippen molar-refractivity contribution in [3.8, 4) is 11.5 Å². The number of ether oxygens (including phenoxy) is 3. The molecule has 4 heterocycles. The van der Waals surface area contributed by atoms with Gasteiger partial charge in [0.15, 0.2) is 11.5 Å². The van der Waals surface area contributed by atoms with Gasteiger partial charge in [0.1, 0.15) is 6.61 Å². The SMILES string of the molecule is COc1ccc([C@H](c2ccccn2)C2CCN(C(=O)N3CC[C@@H]4OCC(=O)N[C@@H]4C3)CC2)cc1OC. The second kappa shape index (κ2) is 10.7. The fourth-order valence-electron chi connectivity index (χ4n) is 5.79. The number of pyridine rings is 1. The van der Waals surface area contributed by atoms with E-state index < -0.39 is 0 Å². The third kappa shape index (κ3) is 4.97. The van der Waals surface area contributed by atoms with Gasteiger partial charge in [-0.05, 0) is 55.0 Å². The van der Waals surface area contributed by atoms with Gasteiger partial charge in [0.2, 0.25) is 5.91 Å². The summed E-state index contributed by atoms with van der Waals surface area (Å²) in [4.78, 5) is 33.6. The first kappa shape index (κ1) is 24.4. The molecule has 0 aliphatic carbocycles. The number of carbonyl (C=O) groups excluding carboxylic acids is 2. The lowest BCUT2D eigenvalue weighted by molar-refractivity contribution is -0.139. The number of urea groups is 1. The van der Waals surface area contributed by atoms with Gasteiger partial charge in [-0.1, -0.05) is 12.1 Å². The molecule has 9 nitrogen and oxygen atoms in total. The molecule has 1 aromatic carbocycles. The van der Waals surface area contributed by atoms with E-state index in [9.17, 15) is 9.59 Å². The Kier molecular flexibility index (Phi) is 7.27. The molecule has 192 valence electrons. The molecular weight excluding hydrogens is 460 g/mol. The number of methoxy groups -OCH3 is 2. The molecule has 3 aliphatic heterocycles. The summed E-state index contributed by atoms with van der Waals surface area (Å²) in [5.74, 6) is 1.71. The largest absolute Gasteiger partial charge is 0.493 e. The van der Waals surface area contributed by atoms with Crippen LogP contribution in [0.1, 0.15) is 36.4 Å². The molecule has 3 fully saturated rings. The molecule has 3 aliphatic rings. The molecule has 1 aromatic heterocycles. The average Bonchev–Trinajstić information content (AvgIpc) is 2.93. The van der Waals surface area contributed by atoms with Crippen LogP contribution in [0.5, 0.6) is 11.5 Å². The Labute approximate surface area is 211 Å². The van der Waals surface area contributed by atoms with E-state index in [0.29, 0.717) is 43.6 Å². The molecule has 3 saturated heterocycles. The molecule has 0 spiro atoms. The van der Waals surface area contributed by atoms with Crippen LogP contribution in [-0.4, -0.2) is 85.9 Å². The Morgan fingerprint density at radius 3 is 2.56 bits per heavy atom. The van der Waals surface area contributed by atoms with Crippen LogP contribution < -0.4 is 14.8 Å². The average molecular weight is 495 g/mol. The molecule has 5 rings (SSSR count). The van der Waals surface area contributed by atoms with Crippen LogP contribution >= 0.6 is 0 Å². The summed E-state index contributed by atoms with van der Waals surface area (Å²) < 4.78 is 16.6. The fourth-order valence-corrected chi connectivity index (χ4v) is 5.79. The number of amides is 3. The standard InChI is InChI=1S/C27H34N4O5/c1-34-23-7-6-19(15-24(23)35-2)26(20-5-3-4-11-28-20)18-8-12-30(13-9-18)27(33)31-14-10-22-21(16-31)29-25(32)17-36-22/h3-7,11,15,18,21-22,26H,8-10,12-14,16-17H2,1-2H3,(H,29,32)/t21-,22+,26-/m1/s1. The van der Waals surface area contributed by atoms with Gasteiger partial charge in [-0.2, -0.15) is 0 Å². The van der Waals surface area contributed by atoms with E-state index in [2.05, 4.69) is 17.4 Å². The lowest BCUT2D eigenvalue weighted by Crippen LogP contribution is -2.62. The van der Waals surface area contributed by atoms with Crippen molar-refractivity contribution in [2.24, 2.45) is 5.92 Å². The summed E-state index contributed by atoms with van der Waals surface area (Å²) in [5.41, 5.74) is 2.15. The minimum absolute atomic E-state index is 0.00175. The van der Waals surface area contributed by atoms with E-state index in [0.717, 1.165) is 30.5 Å². The number of likely N-dealkylation sites (tertiary alicyclic amines) is 2. The minimum Gasteiger partial charge on any atom is -0.493 e. The van der Waals surface area contributed by atoms with Gasteiger partial charge < -0.3 is 29.3 Å². The highest BCUT2D eigenvalue weighted by Crippen LogP contribution is 2.40. The molecule has 3 amide bonds. The summed E-state index contributed by atoms with van der Waals surface area (Å²) >= 11 is 0. The molecule has 0 radical (unpaired) electrons.